The van der Waals surface area contributed by atoms with Crippen LogP contribution in [0.5, 0.6) is 11.5 Å². The van der Waals surface area contributed by atoms with Gasteiger partial charge in [-0.15, -0.1) is 5.10 Å². The molecule has 1 aromatic carbocycles. The lowest BCUT2D eigenvalue weighted by molar-refractivity contribution is -0.385. The van der Waals surface area contributed by atoms with Crippen LogP contribution in [0.2, 0.25) is 0 Å². The molecular weight excluding hydrogens is 254 g/mol. The Morgan fingerprint density at radius 1 is 1.37 bits per heavy atom. The molecule has 4 N–H and O–H groups in total. The molecule has 0 saturated carbocycles. The second-order valence-corrected chi connectivity index (χ2v) is 3.26. The van der Waals surface area contributed by atoms with E-state index in [-0.39, 0.29) is 23.0 Å². The largest absolute Gasteiger partial charge is 0.493 e. The summed E-state index contributed by atoms with van der Waals surface area (Å²) >= 11 is 0. The number of nitro groups is 1. The van der Waals surface area contributed by atoms with E-state index in [1.54, 1.807) is 0 Å². The normalized spacial score (nSPS) is 10.2. The molecule has 0 fully saturated rings. The van der Waals surface area contributed by atoms with Gasteiger partial charge < -0.3 is 20.9 Å². The Morgan fingerprint density at radius 2 is 2.05 bits per heavy atom. The fourth-order valence-corrected chi connectivity index (χ4v) is 1.38. The number of nitrogens with zero attached hydrogens (tertiary/aromatic N) is 3. The predicted octanol–water partition coefficient (Wildman–Crippen LogP) is 0.219. The first-order valence-electron chi connectivity index (χ1n) is 5.02. The highest BCUT2D eigenvalue weighted by molar-refractivity contribution is 5.91. The summed E-state index contributed by atoms with van der Waals surface area (Å²) in [6.07, 6.45) is 1.12. The van der Waals surface area contributed by atoms with Gasteiger partial charge in [-0.3, -0.25) is 10.1 Å². The van der Waals surface area contributed by atoms with Crippen molar-refractivity contribution in [2.75, 3.05) is 14.2 Å². The molecule has 0 spiro atoms. The molecule has 19 heavy (non-hydrogen) atoms. The molecule has 9 nitrogen and oxygen atoms in total. The molecule has 1 aromatic rings. The van der Waals surface area contributed by atoms with Crippen molar-refractivity contribution >= 4 is 17.9 Å². The Labute approximate surface area is 108 Å². The Kier molecular flexibility index (Phi) is 4.63. The van der Waals surface area contributed by atoms with Gasteiger partial charge in [0.05, 0.1) is 25.4 Å². The van der Waals surface area contributed by atoms with Gasteiger partial charge in [-0.2, -0.15) is 5.10 Å². The van der Waals surface area contributed by atoms with Crippen LogP contribution in [0.25, 0.3) is 0 Å². The van der Waals surface area contributed by atoms with Crippen LogP contribution in [0.15, 0.2) is 22.3 Å². The number of guanidine groups is 1. The summed E-state index contributed by atoms with van der Waals surface area (Å²) in [5, 5.41) is 17.9. The lowest BCUT2D eigenvalue weighted by Crippen LogP contribution is -2.21. The van der Waals surface area contributed by atoms with Crippen molar-refractivity contribution in [1.82, 2.24) is 0 Å². The predicted molar refractivity (Wildman–Crippen MR) is 69.6 cm³/mol. The number of hydrogen-bond donors (Lipinski definition) is 2. The molecule has 102 valence electrons. The molecule has 1 rings (SSSR count). The first kappa shape index (κ1) is 14.2. The van der Waals surface area contributed by atoms with Crippen LogP contribution in [0.1, 0.15) is 5.56 Å². The van der Waals surface area contributed by atoms with E-state index in [9.17, 15) is 10.1 Å². The maximum absolute atomic E-state index is 10.9. The van der Waals surface area contributed by atoms with E-state index in [0.717, 1.165) is 6.21 Å². The summed E-state index contributed by atoms with van der Waals surface area (Å²) in [6.45, 7) is 0. The number of methoxy groups -OCH3 is 2. The number of nitrogens with two attached hydrogens (primary N) is 2. The zero-order chi connectivity index (χ0) is 14.4. The highest BCUT2D eigenvalue weighted by Gasteiger charge is 2.21. The van der Waals surface area contributed by atoms with Crippen molar-refractivity contribution in [2.24, 2.45) is 21.7 Å². The van der Waals surface area contributed by atoms with Crippen LogP contribution in [-0.2, 0) is 0 Å². The lowest BCUT2D eigenvalue weighted by Gasteiger charge is -2.09. The van der Waals surface area contributed by atoms with Gasteiger partial charge in [0.2, 0.25) is 5.96 Å². The van der Waals surface area contributed by atoms with E-state index >= 15 is 0 Å². The third-order valence-electron chi connectivity index (χ3n) is 2.12. The third kappa shape index (κ3) is 3.31. The first-order valence-corrected chi connectivity index (χ1v) is 5.02. The van der Waals surface area contributed by atoms with Crippen LogP contribution >= 0.6 is 0 Å². The second kappa shape index (κ2) is 6.19. The van der Waals surface area contributed by atoms with Gasteiger partial charge in [0.25, 0.3) is 5.69 Å². The Balaban J connectivity index is 3.41. The number of benzene rings is 1. The van der Waals surface area contributed by atoms with Gasteiger partial charge in [-0.25, -0.2) is 0 Å². The molecule has 0 heterocycles. The van der Waals surface area contributed by atoms with Crippen LogP contribution in [0, 0.1) is 10.1 Å². The number of hydrogen-bond acceptors (Lipinski definition) is 6. The van der Waals surface area contributed by atoms with Gasteiger partial charge in [0.15, 0.2) is 11.5 Å². The highest BCUT2D eigenvalue weighted by Crippen LogP contribution is 2.35. The summed E-state index contributed by atoms with van der Waals surface area (Å²) in [5.74, 6) is 0.242. The Morgan fingerprint density at radius 3 is 2.53 bits per heavy atom. The lowest BCUT2D eigenvalue weighted by atomic mass is 10.1. The van der Waals surface area contributed by atoms with Gasteiger partial charge in [-0.05, 0) is 6.07 Å². The van der Waals surface area contributed by atoms with E-state index in [4.69, 9.17) is 20.9 Å². The van der Waals surface area contributed by atoms with Gasteiger partial charge >= 0.3 is 0 Å². The second-order valence-electron chi connectivity index (χ2n) is 3.26. The molecule has 0 amide bonds. The fraction of sp³-hybridized carbons (Fsp3) is 0.200. The molecule has 0 atom stereocenters. The monoisotopic (exact) mass is 267 g/mol. The summed E-state index contributed by atoms with van der Waals surface area (Å²) in [6, 6.07) is 2.70. The summed E-state index contributed by atoms with van der Waals surface area (Å²) in [4.78, 5) is 10.4. The van der Waals surface area contributed by atoms with Crippen molar-refractivity contribution in [3.63, 3.8) is 0 Å². The Bertz CT molecular complexity index is 537. The van der Waals surface area contributed by atoms with Crippen LogP contribution in [-0.4, -0.2) is 31.3 Å². The quantitative estimate of drug-likeness (QED) is 0.338. The Hall–Kier alpha value is -2.84. The SMILES string of the molecule is COc1ccc([N+](=O)[O-])c(C=NN=C(N)N)c1OC. The van der Waals surface area contributed by atoms with Crippen molar-refractivity contribution in [3.8, 4) is 11.5 Å². The van der Waals surface area contributed by atoms with Crippen LogP contribution in [0.3, 0.4) is 0 Å². The first-order chi connectivity index (χ1) is 9.01. The zero-order valence-corrected chi connectivity index (χ0v) is 10.4. The number of ether oxygens (including phenoxy) is 2. The topological polar surface area (TPSA) is 138 Å². The molecule has 0 aliphatic carbocycles. The molecular formula is C10H13N5O4. The third-order valence-corrected chi connectivity index (χ3v) is 2.12. The summed E-state index contributed by atoms with van der Waals surface area (Å²) in [7, 11) is 2.78. The maximum Gasteiger partial charge on any atom is 0.282 e. The van der Waals surface area contributed by atoms with Crippen molar-refractivity contribution in [3.05, 3.63) is 27.8 Å². The van der Waals surface area contributed by atoms with Gasteiger partial charge in [-0.1, -0.05) is 0 Å². The molecule has 0 bridgehead atoms. The zero-order valence-electron chi connectivity index (χ0n) is 10.4. The fourth-order valence-electron chi connectivity index (χ4n) is 1.38. The highest BCUT2D eigenvalue weighted by atomic mass is 16.6. The minimum absolute atomic E-state index is 0.108. The van der Waals surface area contributed by atoms with Crippen molar-refractivity contribution in [1.29, 1.82) is 0 Å². The van der Waals surface area contributed by atoms with E-state index in [1.165, 1.54) is 26.4 Å². The molecule has 0 saturated heterocycles. The average molecular weight is 267 g/mol. The summed E-state index contributed by atoms with van der Waals surface area (Å²) < 4.78 is 10.1. The molecule has 0 aromatic heterocycles. The molecule has 0 aliphatic heterocycles. The number of rotatable bonds is 5. The van der Waals surface area contributed by atoms with E-state index in [2.05, 4.69) is 10.2 Å². The smallest absolute Gasteiger partial charge is 0.282 e. The molecule has 0 unspecified atom stereocenters. The van der Waals surface area contributed by atoms with E-state index in [1.807, 2.05) is 0 Å². The van der Waals surface area contributed by atoms with E-state index < -0.39 is 4.92 Å². The minimum Gasteiger partial charge on any atom is -0.493 e. The van der Waals surface area contributed by atoms with Gasteiger partial charge in [0, 0.05) is 6.07 Å². The summed E-state index contributed by atoms with van der Waals surface area (Å²) in [5.41, 5.74) is 10.1. The molecule has 0 radical (unpaired) electrons. The minimum atomic E-state index is -0.571. The molecule has 0 aliphatic rings. The standard InChI is InChI=1S/C10H13N5O4/c1-18-8-4-3-7(15(16)17)6(9(8)19-2)5-13-14-10(11)12/h3-5H,1-2H3,(H4,11,12,14). The van der Waals surface area contributed by atoms with E-state index in [0.29, 0.717) is 5.75 Å². The average Bonchev–Trinajstić information content (AvgIpc) is 2.37. The van der Waals surface area contributed by atoms with Crippen LogP contribution < -0.4 is 20.9 Å². The molecule has 9 heteroatoms. The van der Waals surface area contributed by atoms with Gasteiger partial charge in [0.1, 0.15) is 5.56 Å². The van der Waals surface area contributed by atoms with Crippen molar-refractivity contribution in [2.45, 2.75) is 0 Å². The number of nitro benzene ring substituents is 1. The maximum atomic E-state index is 10.9. The van der Waals surface area contributed by atoms with Crippen LogP contribution in [0.4, 0.5) is 5.69 Å². The van der Waals surface area contributed by atoms with Crippen molar-refractivity contribution < 1.29 is 14.4 Å².